The van der Waals surface area contributed by atoms with Crippen LogP contribution in [0.15, 0.2) is 23.0 Å². The Morgan fingerprint density at radius 2 is 2.15 bits per heavy atom. The molecule has 0 amide bonds. The van der Waals surface area contributed by atoms with Crippen molar-refractivity contribution in [2.75, 3.05) is 6.54 Å². The maximum absolute atomic E-state index is 9.35. The lowest BCUT2D eigenvalue weighted by Crippen LogP contribution is -2.27. The number of hydrogen-bond acceptors (Lipinski definition) is 4. The number of allylic oxidation sites excluding steroid dienone is 2. The molecular formula is C9H17N3O. The van der Waals surface area contributed by atoms with Crippen molar-refractivity contribution in [2.24, 2.45) is 23.1 Å². The Kier molecular flexibility index (Phi) is 2.95. The van der Waals surface area contributed by atoms with Crippen LogP contribution < -0.4 is 17.2 Å². The van der Waals surface area contributed by atoms with Crippen LogP contribution in [0.4, 0.5) is 0 Å². The van der Waals surface area contributed by atoms with Crippen LogP contribution in [0.25, 0.3) is 0 Å². The summed E-state index contributed by atoms with van der Waals surface area (Å²) in [6, 6.07) is 0. The van der Waals surface area contributed by atoms with E-state index in [2.05, 4.69) is 0 Å². The molecule has 7 N–H and O–H groups in total. The van der Waals surface area contributed by atoms with Gasteiger partial charge in [0.05, 0.1) is 6.10 Å². The minimum atomic E-state index is -0.526. The predicted molar refractivity (Wildman–Crippen MR) is 52.3 cm³/mol. The van der Waals surface area contributed by atoms with Crippen molar-refractivity contribution >= 4 is 0 Å². The van der Waals surface area contributed by atoms with E-state index in [9.17, 15) is 5.11 Å². The van der Waals surface area contributed by atoms with Gasteiger partial charge < -0.3 is 22.3 Å². The minimum absolute atomic E-state index is 0.0291. The van der Waals surface area contributed by atoms with Crippen molar-refractivity contribution in [2.45, 2.75) is 19.4 Å². The molecule has 0 fully saturated rings. The van der Waals surface area contributed by atoms with E-state index in [4.69, 9.17) is 17.2 Å². The topological polar surface area (TPSA) is 98.3 Å². The molecule has 0 radical (unpaired) electrons. The molecule has 4 heteroatoms. The highest BCUT2D eigenvalue weighted by Crippen LogP contribution is 2.28. The van der Waals surface area contributed by atoms with Gasteiger partial charge in [0.2, 0.25) is 0 Å². The molecule has 0 spiro atoms. The summed E-state index contributed by atoms with van der Waals surface area (Å²) in [4.78, 5) is 0. The summed E-state index contributed by atoms with van der Waals surface area (Å²) in [5, 5.41) is 9.35. The van der Waals surface area contributed by atoms with E-state index in [1.54, 1.807) is 0 Å². The second kappa shape index (κ2) is 3.81. The van der Waals surface area contributed by atoms with Crippen molar-refractivity contribution in [3.63, 3.8) is 0 Å². The van der Waals surface area contributed by atoms with E-state index in [1.165, 1.54) is 0 Å². The van der Waals surface area contributed by atoms with Crippen LogP contribution in [-0.4, -0.2) is 17.8 Å². The molecule has 1 aliphatic carbocycles. The van der Waals surface area contributed by atoms with E-state index in [1.807, 2.05) is 13.0 Å². The summed E-state index contributed by atoms with van der Waals surface area (Å²) in [6.45, 7) is 2.16. The zero-order chi connectivity index (χ0) is 10.0. The molecule has 1 rings (SSSR count). The van der Waals surface area contributed by atoms with Crippen molar-refractivity contribution in [3.8, 4) is 0 Å². The smallest absolute Gasteiger partial charge is 0.0672 e. The molecule has 0 bridgehead atoms. The van der Waals surface area contributed by atoms with Gasteiger partial charge in [-0.05, 0) is 25.0 Å². The quantitative estimate of drug-likeness (QED) is 0.469. The fourth-order valence-corrected chi connectivity index (χ4v) is 1.52. The molecule has 74 valence electrons. The molecule has 0 saturated heterocycles. The van der Waals surface area contributed by atoms with Gasteiger partial charge in [-0.15, -0.1) is 0 Å². The maximum Gasteiger partial charge on any atom is 0.0672 e. The Labute approximate surface area is 78.1 Å². The average molecular weight is 183 g/mol. The first kappa shape index (κ1) is 10.1. The minimum Gasteiger partial charge on any atom is -0.401 e. The Morgan fingerprint density at radius 3 is 2.54 bits per heavy atom. The summed E-state index contributed by atoms with van der Waals surface area (Å²) in [7, 11) is 0. The van der Waals surface area contributed by atoms with Gasteiger partial charge in [-0.3, -0.25) is 0 Å². The number of aliphatic hydroxyl groups excluding tert-OH is 1. The molecule has 2 unspecified atom stereocenters. The third-order valence-electron chi connectivity index (χ3n) is 2.40. The van der Waals surface area contributed by atoms with Gasteiger partial charge in [0.1, 0.15) is 0 Å². The average Bonchev–Trinajstić information content (AvgIpc) is 2.32. The Hall–Kier alpha value is -1.00. The Balaban J connectivity index is 2.66. The van der Waals surface area contributed by atoms with Gasteiger partial charge in [-0.1, -0.05) is 0 Å². The maximum atomic E-state index is 9.35. The molecule has 1 aliphatic rings. The SMILES string of the molecule is CC1=C(N)C(CC(O)CN)C(N)=C1. The third kappa shape index (κ3) is 2.02. The standard InChI is InChI=1S/C9H17N3O/c1-5-2-8(11)7(9(5)12)3-6(13)4-10/h2,6-7,13H,3-4,10-12H2,1H3. The van der Waals surface area contributed by atoms with Crippen molar-refractivity contribution in [1.29, 1.82) is 0 Å². The second-order valence-electron chi connectivity index (χ2n) is 3.46. The molecule has 0 heterocycles. The summed E-state index contributed by atoms with van der Waals surface area (Å²) < 4.78 is 0. The summed E-state index contributed by atoms with van der Waals surface area (Å²) >= 11 is 0. The molecule has 0 aliphatic heterocycles. The first-order chi connectivity index (χ1) is 6.06. The van der Waals surface area contributed by atoms with Gasteiger partial charge in [0, 0.05) is 23.9 Å². The van der Waals surface area contributed by atoms with Crippen LogP contribution in [0, 0.1) is 5.92 Å². The van der Waals surface area contributed by atoms with E-state index >= 15 is 0 Å². The van der Waals surface area contributed by atoms with Crippen LogP contribution in [-0.2, 0) is 0 Å². The summed E-state index contributed by atoms with van der Waals surface area (Å²) in [6.07, 6.45) is 1.84. The molecule has 4 nitrogen and oxygen atoms in total. The molecular weight excluding hydrogens is 166 g/mol. The van der Waals surface area contributed by atoms with E-state index in [-0.39, 0.29) is 12.5 Å². The second-order valence-corrected chi connectivity index (χ2v) is 3.46. The van der Waals surface area contributed by atoms with Gasteiger partial charge in [0.15, 0.2) is 0 Å². The largest absolute Gasteiger partial charge is 0.401 e. The van der Waals surface area contributed by atoms with Gasteiger partial charge >= 0.3 is 0 Å². The zero-order valence-corrected chi connectivity index (χ0v) is 7.83. The highest BCUT2D eigenvalue weighted by molar-refractivity contribution is 5.38. The number of rotatable bonds is 3. The molecule has 13 heavy (non-hydrogen) atoms. The van der Waals surface area contributed by atoms with E-state index in [0.717, 1.165) is 17.0 Å². The van der Waals surface area contributed by atoms with Crippen molar-refractivity contribution in [1.82, 2.24) is 0 Å². The van der Waals surface area contributed by atoms with E-state index in [0.29, 0.717) is 6.42 Å². The lowest BCUT2D eigenvalue weighted by Gasteiger charge is -2.17. The van der Waals surface area contributed by atoms with Crippen LogP contribution in [0.5, 0.6) is 0 Å². The van der Waals surface area contributed by atoms with Crippen LogP contribution >= 0.6 is 0 Å². The third-order valence-corrected chi connectivity index (χ3v) is 2.40. The molecule has 0 saturated carbocycles. The lowest BCUT2D eigenvalue weighted by molar-refractivity contribution is 0.161. The highest BCUT2D eigenvalue weighted by atomic mass is 16.3. The van der Waals surface area contributed by atoms with Crippen molar-refractivity contribution in [3.05, 3.63) is 23.0 Å². The first-order valence-corrected chi connectivity index (χ1v) is 4.37. The normalized spacial score (nSPS) is 24.8. The lowest BCUT2D eigenvalue weighted by atomic mass is 9.98. The van der Waals surface area contributed by atoms with E-state index < -0.39 is 6.10 Å². The highest BCUT2D eigenvalue weighted by Gasteiger charge is 2.24. The summed E-state index contributed by atoms with van der Waals surface area (Å²) in [5.74, 6) is -0.0291. The number of nitrogens with two attached hydrogens (primary N) is 3. The van der Waals surface area contributed by atoms with Crippen LogP contribution in [0.1, 0.15) is 13.3 Å². The summed E-state index contributed by atoms with van der Waals surface area (Å²) in [5.41, 5.74) is 19.3. The Morgan fingerprint density at radius 1 is 1.54 bits per heavy atom. The van der Waals surface area contributed by atoms with Crippen molar-refractivity contribution < 1.29 is 5.11 Å². The zero-order valence-electron chi connectivity index (χ0n) is 7.83. The first-order valence-electron chi connectivity index (χ1n) is 4.37. The number of hydrogen-bond donors (Lipinski definition) is 4. The van der Waals surface area contributed by atoms with Gasteiger partial charge in [-0.2, -0.15) is 0 Å². The molecule has 0 aromatic rings. The van der Waals surface area contributed by atoms with Crippen LogP contribution in [0.2, 0.25) is 0 Å². The Bertz CT molecular complexity index is 258. The molecule has 0 aromatic heterocycles. The molecule has 2 atom stereocenters. The van der Waals surface area contributed by atoms with Crippen LogP contribution in [0.3, 0.4) is 0 Å². The van der Waals surface area contributed by atoms with Gasteiger partial charge in [0.25, 0.3) is 0 Å². The fraction of sp³-hybridized carbons (Fsp3) is 0.556. The monoisotopic (exact) mass is 183 g/mol. The fourth-order valence-electron chi connectivity index (χ4n) is 1.52. The predicted octanol–water partition coefficient (Wildman–Crippen LogP) is -0.599. The molecule has 0 aromatic carbocycles. The van der Waals surface area contributed by atoms with Gasteiger partial charge in [-0.25, -0.2) is 0 Å². The number of aliphatic hydroxyl groups is 1.